The molecule has 2 aromatic rings. The number of para-hydroxylation sites is 1. The van der Waals surface area contributed by atoms with Crippen molar-refractivity contribution in [3.8, 4) is 11.5 Å². The molecule has 0 spiro atoms. The van der Waals surface area contributed by atoms with Gasteiger partial charge in [0.2, 0.25) is 0 Å². The van der Waals surface area contributed by atoms with Crippen LogP contribution in [-0.4, -0.2) is 39.5 Å². The number of ether oxygens (including phenoxy) is 3. The van der Waals surface area contributed by atoms with Crippen molar-refractivity contribution in [2.24, 2.45) is 4.99 Å². The number of nitrogens with zero attached hydrogens (tertiary/aromatic N) is 1. The van der Waals surface area contributed by atoms with Crippen LogP contribution in [0.25, 0.3) is 0 Å². The van der Waals surface area contributed by atoms with E-state index in [9.17, 15) is 4.39 Å². The first kappa shape index (κ1) is 24.2. The minimum absolute atomic E-state index is 0. The minimum Gasteiger partial charge on any atom is -0.496 e. The molecule has 0 fully saturated rings. The smallest absolute Gasteiger partial charge is 0.191 e. The van der Waals surface area contributed by atoms with E-state index < -0.39 is 0 Å². The summed E-state index contributed by atoms with van der Waals surface area (Å²) >= 11 is 0. The summed E-state index contributed by atoms with van der Waals surface area (Å²) in [6, 6.07) is 10.9. The van der Waals surface area contributed by atoms with Gasteiger partial charge in [-0.3, -0.25) is 4.99 Å². The molecule has 8 heteroatoms. The maximum atomic E-state index is 13.9. The fourth-order valence-electron chi connectivity index (χ4n) is 3.30. The van der Waals surface area contributed by atoms with Gasteiger partial charge in [0.25, 0.3) is 0 Å². The average molecular weight is 529 g/mol. The topological polar surface area (TPSA) is 64.1 Å². The molecule has 1 aliphatic heterocycles. The number of rotatable bonds is 8. The van der Waals surface area contributed by atoms with Gasteiger partial charge >= 0.3 is 0 Å². The van der Waals surface area contributed by atoms with E-state index in [0.29, 0.717) is 26.1 Å². The molecule has 0 aromatic heterocycles. The Morgan fingerprint density at radius 2 is 2.00 bits per heavy atom. The van der Waals surface area contributed by atoms with Crippen molar-refractivity contribution in [1.29, 1.82) is 0 Å². The molecule has 30 heavy (non-hydrogen) atoms. The lowest BCUT2D eigenvalue weighted by Gasteiger charge is -2.21. The third-order valence-corrected chi connectivity index (χ3v) is 4.63. The maximum absolute atomic E-state index is 13.9. The van der Waals surface area contributed by atoms with Crippen LogP contribution in [-0.2, 0) is 24.2 Å². The summed E-state index contributed by atoms with van der Waals surface area (Å²) in [5.74, 6) is 2.07. The lowest BCUT2D eigenvalue weighted by Crippen LogP contribution is -2.38. The molecule has 0 unspecified atom stereocenters. The van der Waals surface area contributed by atoms with Crippen LogP contribution < -0.4 is 20.1 Å². The molecular formula is C22H29FIN3O3. The van der Waals surface area contributed by atoms with Crippen LogP contribution in [0.3, 0.4) is 0 Å². The molecule has 1 heterocycles. The highest BCUT2D eigenvalue weighted by Gasteiger charge is 2.16. The standard InChI is InChI=1S/C22H28FN3O3.HI/c1-3-24-22(25-10-8-16-6-4-5-7-20(16)27-2)26-11-9-17-12-19(23)13-18-14-28-15-29-21(17)18;/h4-7,12-13H,3,8-11,14-15H2,1-2H3,(H2,24,25,26);1H. The molecule has 0 saturated heterocycles. The quantitative estimate of drug-likeness (QED) is 0.311. The molecular weight excluding hydrogens is 500 g/mol. The van der Waals surface area contributed by atoms with E-state index in [1.54, 1.807) is 7.11 Å². The molecule has 3 rings (SSSR count). The number of guanidine groups is 1. The fourth-order valence-corrected chi connectivity index (χ4v) is 3.30. The van der Waals surface area contributed by atoms with Gasteiger partial charge in [0, 0.05) is 25.2 Å². The highest BCUT2D eigenvalue weighted by molar-refractivity contribution is 14.0. The third kappa shape index (κ3) is 6.73. The first-order valence-corrected chi connectivity index (χ1v) is 9.87. The molecule has 2 N–H and O–H groups in total. The summed E-state index contributed by atoms with van der Waals surface area (Å²) in [4.78, 5) is 4.63. The van der Waals surface area contributed by atoms with E-state index in [1.807, 2.05) is 31.2 Å². The second kappa shape index (κ2) is 12.6. The Morgan fingerprint density at radius 3 is 2.80 bits per heavy atom. The molecule has 0 bridgehead atoms. The Hall–Kier alpha value is -2.07. The predicted molar refractivity (Wildman–Crippen MR) is 126 cm³/mol. The van der Waals surface area contributed by atoms with Crippen molar-refractivity contribution in [2.45, 2.75) is 26.4 Å². The van der Waals surface area contributed by atoms with Gasteiger partial charge in [-0.1, -0.05) is 18.2 Å². The summed E-state index contributed by atoms with van der Waals surface area (Å²) < 4.78 is 30.1. The van der Waals surface area contributed by atoms with Crippen LogP contribution in [0.5, 0.6) is 11.5 Å². The van der Waals surface area contributed by atoms with Crippen LogP contribution in [0, 0.1) is 5.82 Å². The van der Waals surface area contributed by atoms with E-state index in [2.05, 4.69) is 15.6 Å². The first-order valence-electron chi connectivity index (χ1n) is 9.87. The van der Waals surface area contributed by atoms with Crippen LogP contribution in [0.2, 0.25) is 0 Å². The largest absolute Gasteiger partial charge is 0.496 e. The summed E-state index contributed by atoms with van der Waals surface area (Å²) in [5, 5.41) is 6.55. The lowest BCUT2D eigenvalue weighted by atomic mass is 10.1. The molecule has 0 radical (unpaired) electrons. The van der Waals surface area contributed by atoms with Gasteiger partial charge in [0.05, 0.1) is 13.7 Å². The summed E-state index contributed by atoms with van der Waals surface area (Å²) in [6.07, 6.45) is 1.41. The molecule has 0 atom stereocenters. The Bertz CT molecular complexity index is 848. The Kier molecular flexibility index (Phi) is 10.2. The SMILES string of the molecule is CCNC(=NCCc1ccccc1OC)NCCc1cc(F)cc2c1OCOC2.I. The second-order valence-corrected chi connectivity index (χ2v) is 6.66. The number of fused-ring (bicyclic) bond motifs is 1. The maximum Gasteiger partial charge on any atom is 0.191 e. The Balaban J connectivity index is 0.00000320. The lowest BCUT2D eigenvalue weighted by molar-refractivity contribution is -0.0172. The van der Waals surface area contributed by atoms with Crippen molar-refractivity contribution in [3.05, 3.63) is 58.9 Å². The molecule has 6 nitrogen and oxygen atoms in total. The number of methoxy groups -OCH3 is 1. The van der Waals surface area contributed by atoms with Gasteiger partial charge in [-0.2, -0.15) is 0 Å². The molecule has 1 aliphatic rings. The van der Waals surface area contributed by atoms with E-state index in [4.69, 9.17) is 14.2 Å². The molecule has 0 saturated carbocycles. The van der Waals surface area contributed by atoms with E-state index in [0.717, 1.165) is 47.1 Å². The summed E-state index contributed by atoms with van der Waals surface area (Å²) in [7, 11) is 1.68. The van der Waals surface area contributed by atoms with E-state index in [-0.39, 0.29) is 36.6 Å². The second-order valence-electron chi connectivity index (χ2n) is 6.66. The molecule has 164 valence electrons. The average Bonchev–Trinajstić information content (AvgIpc) is 2.74. The number of hydrogen-bond acceptors (Lipinski definition) is 4. The summed E-state index contributed by atoms with van der Waals surface area (Å²) in [6.45, 7) is 4.60. The first-order chi connectivity index (χ1) is 14.2. The molecule has 2 aromatic carbocycles. The highest BCUT2D eigenvalue weighted by atomic mass is 127. The van der Waals surface area contributed by atoms with Crippen molar-refractivity contribution in [1.82, 2.24) is 10.6 Å². The molecule has 0 aliphatic carbocycles. The number of hydrogen-bond donors (Lipinski definition) is 2. The van der Waals surface area contributed by atoms with Crippen molar-refractivity contribution in [3.63, 3.8) is 0 Å². The Morgan fingerprint density at radius 1 is 1.17 bits per heavy atom. The molecule has 0 amide bonds. The number of nitrogens with one attached hydrogen (secondary N) is 2. The number of aliphatic imine (C=N–C) groups is 1. The van der Waals surface area contributed by atoms with E-state index in [1.165, 1.54) is 12.1 Å². The van der Waals surface area contributed by atoms with Crippen molar-refractivity contribution in [2.75, 3.05) is 33.5 Å². The van der Waals surface area contributed by atoms with Gasteiger partial charge in [0.1, 0.15) is 17.3 Å². The summed E-state index contributed by atoms with van der Waals surface area (Å²) in [5.41, 5.74) is 2.71. The number of halogens is 2. The zero-order chi connectivity index (χ0) is 20.5. The van der Waals surface area contributed by atoms with Gasteiger partial charge in [-0.25, -0.2) is 4.39 Å². The fraction of sp³-hybridized carbons (Fsp3) is 0.409. The van der Waals surface area contributed by atoms with Gasteiger partial charge in [0.15, 0.2) is 12.8 Å². The normalized spacial score (nSPS) is 13.0. The Labute approximate surface area is 194 Å². The van der Waals surface area contributed by atoms with Gasteiger partial charge in [-0.05, 0) is 49.1 Å². The highest BCUT2D eigenvalue weighted by Crippen LogP contribution is 2.29. The van der Waals surface area contributed by atoms with Gasteiger partial charge in [-0.15, -0.1) is 24.0 Å². The van der Waals surface area contributed by atoms with Crippen LogP contribution >= 0.6 is 24.0 Å². The van der Waals surface area contributed by atoms with E-state index >= 15 is 0 Å². The van der Waals surface area contributed by atoms with Crippen LogP contribution in [0.4, 0.5) is 4.39 Å². The van der Waals surface area contributed by atoms with Crippen molar-refractivity contribution < 1.29 is 18.6 Å². The third-order valence-electron chi connectivity index (χ3n) is 4.63. The zero-order valence-corrected chi connectivity index (χ0v) is 19.7. The van der Waals surface area contributed by atoms with Gasteiger partial charge < -0.3 is 24.8 Å². The van der Waals surface area contributed by atoms with Crippen LogP contribution in [0.1, 0.15) is 23.6 Å². The zero-order valence-electron chi connectivity index (χ0n) is 17.4. The monoisotopic (exact) mass is 529 g/mol. The van der Waals surface area contributed by atoms with Crippen molar-refractivity contribution >= 4 is 29.9 Å². The number of benzene rings is 2. The minimum atomic E-state index is -0.273. The van der Waals surface area contributed by atoms with Crippen LogP contribution in [0.15, 0.2) is 41.4 Å². The predicted octanol–water partition coefficient (Wildman–Crippen LogP) is 3.66.